The van der Waals surface area contributed by atoms with Gasteiger partial charge in [0.2, 0.25) is 5.91 Å². The molecule has 2 aromatic rings. The first-order valence-electron chi connectivity index (χ1n) is 6.94. The normalized spacial score (nSPS) is 10.3. The maximum absolute atomic E-state index is 13.0. The average Bonchev–Trinajstić information content (AvgIpc) is 2.47. The van der Waals surface area contributed by atoms with Gasteiger partial charge in [-0.25, -0.2) is 4.39 Å². The number of benzene rings is 2. The molecule has 116 valence electrons. The maximum Gasteiger partial charge on any atom is 0.224 e. The van der Waals surface area contributed by atoms with Crippen LogP contribution in [0.3, 0.4) is 0 Å². The lowest BCUT2D eigenvalue weighted by Crippen LogP contribution is -2.29. The molecule has 0 bridgehead atoms. The van der Waals surface area contributed by atoms with Crippen LogP contribution in [0.2, 0.25) is 5.02 Å². The van der Waals surface area contributed by atoms with Gasteiger partial charge in [-0.1, -0.05) is 29.8 Å². The fourth-order valence-corrected chi connectivity index (χ4v) is 2.14. The van der Waals surface area contributed by atoms with Crippen molar-refractivity contribution in [2.45, 2.75) is 13.3 Å². The van der Waals surface area contributed by atoms with Gasteiger partial charge >= 0.3 is 0 Å². The molecule has 0 saturated heterocycles. The molecule has 0 unspecified atom stereocenters. The standard InChI is InChI=1S/C17H17ClFNO2/c1-12-5-6-15(18)16(9-12)22-8-7-20-17(21)11-13-3-2-4-14(19)10-13/h2-6,9-10H,7-8,11H2,1H3,(H,20,21). The van der Waals surface area contributed by atoms with Gasteiger partial charge in [0.15, 0.2) is 0 Å². The molecule has 0 aliphatic rings. The van der Waals surface area contributed by atoms with Gasteiger partial charge in [-0.15, -0.1) is 0 Å². The van der Waals surface area contributed by atoms with E-state index in [1.165, 1.54) is 12.1 Å². The molecule has 2 rings (SSSR count). The number of ether oxygens (including phenoxy) is 1. The Hall–Kier alpha value is -2.07. The lowest BCUT2D eigenvalue weighted by molar-refractivity contribution is -0.120. The zero-order valence-corrected chi connectivity index (χ0v) is 13.0. The molecule has 0 spiro atoms. The summed E-state index contributed by atoms with van der Waals surface area (Å²) >= 11 is 6.01. The summed E-state index contributed by atoms with van der Waals surface area (Å²) in [5, 5.41) is 3.26. The van der Waals surface area contributed by atoms with Crippen molar-refractivity contribution in [3.05, 3.63) is 64.4 Å². The van der Waals surface area contributed by atoms with Crippen molar-refractivity contribution in [3.8, 4) is 5.75 Å². The second kappa shape index (κ2) is 7.80. The van der Waals surface area contributed by atoms with E-state index in [2.05, 4.69) is 5.32 Å². The van der Waals surface area contributed by atoms with Crippen LogP contribution in [0.5, 0.6) is 5.75 Å². The summed E-state index contributed by atoms with van der Waals surface area (Å²) in [7, 11) is 0. The molecule has 0 saturated carbocycles. The molecule has 3 nitrogen and oxygen atoms in total. The zero-order valence-electron chi connectivity index (χ0n) is 12.2. The first kappa shape index (κ1) is 16.3. The third kappa shape index (κ3) is 5.04. The van der Waals surface area contributed by atoms with E-state index in [0.717, 1.165) is 5.56 Å². The number of aryl methyl sites for hydroxylation is 1. The van der Waals surface area contributed by atoms with Gasteiger partial charge in [0.05, 0.1) is 18.0 Å². The second-order valence-corrected chi connectivity index (χ2v) is 5.35. The molecule has 1 amide bonds. The van der Waals surface area contributed by atoms with Crippen LogP contribution >= 0.6 is 11.6 Å². The SMILES string of the molecule is Cc1ccc(Cl)c(OCCNC(=O)Cc2cccc(F)c2)c1. The molecule has 0 heterocycles. The van der Waals surface area contributed by atoms with Crippen LogP contribution in [-0.4, -0.2) is 19.1 Å². The van der Waals surface area contributed by atoms with Crippen molar-refractivity contribution >= 4 is 17.5 Å². The largest absolute Gasteiger partial charge is 0.490 e. The summed E-state index contributed by atoms with van der Waals surface area (Å²) in [6.07, 6.45) is 0.142. The van der Waals surface area contributed by atoms with Crippen molar-refractivity contribution in [3.63, 3.8) is 0 Å². The average molecular weight is 322 g/mol. The minimum Gasteiger partial charge on any atom is -0.490 e. The van der Waals surface area contributed by atoms with Gasteiger partial charge in [-0.05, 0) is 42.3 Å². The minimum atomic E-state index is -0.345. The molecule has 22 heavy (non-hydrogen) atoms. The van der Waals surface area contributed by atoms with E-state index in [-0.39, 0.29) is 18.1 Å². The Kier molecular flexibility index (Phi) is 5.78. The summed E-state index contributed by atoms with van der Waals surface area (Å²) in [6, 6.07) is 11.5. The van der Waals surface area contributed by atoms with Gasteiger partial charge in [-0.3, -0.25) is 4.79 Å². The molecule has 0 radical (unpaired) electrons. The van der Waals surface area contributed by atoms with Gasteiger partial charge in [0.25, 0.3) is 0 Å². The summed E-state index contributed by atoms with van der Waals surface area (Å²) in [5.74, 6) is 0.0771. The van der Waals surface area contributed by atoms with Gasteiger partial charge < -0.3 is 10.1 Å². The number of halogens is 2. The lowest BCUT2D eigenvalue weighted by Gasteiger charge is -2.10. The van der Waals surface area contributed by atoms with Gasteiger partial charge in [0, 0.05) is 0 Å². The lowest BCUT2D eigenvalue weighted by atomic mass is 10.1. The number of hydrogen-bond acceptors (Lipinski definition) is 2. The van der Waals surface area contributed by atoms with E-state index in [1.54, 1.807) is 18.2 Å². The van der Waals surface area contributed by atoms with Crippen molar-refractivity contribution < 1.29 is 13.9 Å². The molecule has 0 aliphatic carbocycles. The topological polar surface area (TPSA) is 38.3 Å². The van der Waals surface area contributed by atoms with Crippen LogP contribution in [-0.2, 0) is 11.2 Å². The fourth-order valence-electron chi connectivity index (χ4n) is 1.97. The number of carbonyl (C=O) groups is 1. The van der Waals surface area contributed by atoms with E-state index in [1.807, 2.05) is 19.1 Å². The van der Waals surface area contributed by atoms with Crippen molar-refractivity contribution in [1.29, 1.82) is 0 Å². The fraction of sp³-hybridized carbons (Fsp3) is 0.235. The van der Waals surface area contributed by atoms with Crippen molar-refractivity contribution in [1.82, 2.24) is 5.32 Å². The number of amides is 1. The predicted molar refractivity (Wildman–Crippen MR) is 84.8 cm³/mol. The molecular formula is C17H17ClFNO2. The third-order valence-corrected chi connectivity index (χ3v) is 3.33. The molecule has 2 aromatic carbocycles. The summed E-state index contributed by atoms with van der Waals surface area (Å²) in [4.78, 5) is 11.7. The molecule has 0 aromatic heterocycles. The Morgan fingerprint density at radius 1 is 1.27 bits per heavy atom. The molecule has 0 atom stereocenters. The Morgan fingerprint density at radius 2 is 2.09 bits per heavy atom. The van der Waals surface area contributed by atoms with Crippen molar-refractivity contribution in [2.24, 2.45) is 0 Å². The number of hydrogen-bond donors (Lipinski definition) is 1. The first-order valence-corrected chi connectivity index (χ1v) is 7.32. The molecule has 0 fully saturated rings. The minimum absolute atomic E-state index is 0.142. The Balaban J connectivity index is 1.74. The molecular weight excluding hydrogens is 305 g/mol. The summed E-state index contributed by atoms with van der Waals surface area (Å²) in [6.45, 7) is 2.63. The van der Waals surface area contributed by atoms with E-state index in [9.17, 15) is 9.18 Å². The van der Waals surface area contributed by atoms with Crippen LogP contribution in [0.15, 0.2) is 42.5 Å². The second-order valence-electron chi connectivity index (χ2n) is 4.94. The number of carbonyl (C=O) groups excluding carboxylic acids is 1. The highest BCUT2D eigenvalue weighted by Crippen LogP contribution is 2.24. The van der Waals surface area contributed by atoms with Gasteiger partial charge in [-0.2, -0.15) is 0 Å². The van der Waals surface area contributed by atoms with Gasteiger partial charge in [0.1, 0.15) is 18.2 Å². The monoisotopic (exact) mass is 321 g/mol. The van der Waals surface area contributed by atoms with Crippen LogP contribution in [0, 0.1) is 12.7 Å². The zero-order chi connectivity index (χ0) is 15.9. The Bertz CT molecular complexity index is 661. The maximum atomic E-state index is 13.0. The smallest absolute Gasteiger partial charge is 0.224 e. The first-order chi connectivity index (χ1) is 10.5. The summed E-state index contributed by atoms with van der Waals surface area (Å²) in [5.41, 5.74) is 1.69. The molecule has 5 heteroatoms. The highest BCUT2D eigenvalue weighted by Gasteiger charge is 2.05. The van der Waals surface area contributed by atoms with Crippen LogP contribution < -0.4 is 10.1 Å². The highest BCUT2D eigenvalue weighted by molar-refractivity contribution is 6.32. The van der Waals surface area contributed by atoms with E-state index in [0.29, 0.717) is 29.5 Å². The summed E-state index contributed by atoms with van der Waals surface area (Å²) < 4.78 is 18.5. The number of rotatable bonds is 6. The van der Waals surface area contributed by atoms with E-state index < -0.39 is 0 Å². The van der Waals surface area contributed by atoms with E-state index >= 15 is 0 Å². The van der Waals surface area contributed by atoms with Crippen molar-refractivity contribution in [2.75, 3.05) is 13.2 Å². The number of nitrogens with one attached hydrogen (secondary N) is 1. The van der Waals surface area contributed by atoms with E-state index in [4.69, 9.17) is 16.3 Å². The highest BCUT2D eigenvalue weighted by atomic mass is 35.5. The Morgan fingerprint density at radius 3 is 2.86 bits per heavy atom. The predicted octanol–water partition coefficient (Wildman–Crippen LogP) is 3.53. The van der Waals surface area contributed by atoms with Crippen LogP contribution in [0.1, 0.15) is 11.1 Å². The molecule has 1 N–H and O–H groups in total. The van der Waals surface area contributed by atoms with Crippen LogP contribution in [0.25, 0.3) is 0 Å². The Labute approximate surface area is 134 Å². The van der Waals surface area contributed by atoms with Crippen LogP contribution in [0.4, 0.5) is 4.39 Å². The molecule has 0 aliphatic heterocycles. The third-order valence-electron chi connectivity index (χ3n) is 3.02. The quantitative estimate of drug-likeness (QED) is 0.827.